The lowest BCUT2D eigenvalue weighted by Crippen LogP contribution is -2.07. The summed E-state index contributed by atoms with van der Waals surface area (Å²) in [6, 6.07) is 5.65. The van der Waals surface area contributed by atoms with Crippen LogP contribution in [-0.4, -0.2) is 7.05 Å². The molecule has 0 atom stereocenters. The van der Waals surface area contributed by atoms with Crippen molar-refractivity contribution in [3.8, 4) is 11.3 Å². The van der Waals surface area contributed by atoms with Gasteiger partial charge in [0.05, 0.1) is 16.8 Å². The zero-order valence-corrected chi connectivity index (χ0v) is 11.9. The quantitative estimate of drug-likeness (QED) is 0.709. The highest BCUT2D eigenvalue weighted by Crippen LogP contribution is 2.29. The fraction of sp³-hybridized carbons (Fsp3) is 0.0625. The number of fused-ring (bicyclic) bond motifs is 1. The Balaban J connectivity index is 2.29. The third kappa shape index (κ3) is 2.40. The van der Waals surface area contributed by atoms with E-state index in [4.69, 9.17) is 10.2 Å². The third-order valence-corrected chi connectivity index (χ3v) is 3.47. The van der Waals surface area contributed by atoms with E-state index in [0.717, 1.165) is 12.1 Å². The number of halogens is 3. The van der Waals surface area contributed by atoms with Crippen molar-refractivity contribution in [3.05, 3.63) is 58.0 Å². The molecule has 3 N–H and O–H groups in total. The van der Waals surface area contributed by atoms with Crippen molar-refractivity contribution in [2.45, 2.75) is 0 Å². The van der Waals surface area contributed by atoms with Crippen LogP contribution in [0, 0.1) is 17.5 Å². The van der Waals surface area contributed by atoms with Crippen molar-refractivity contribution in [1.29, 1.82) is 0 Å². The monoisotopic (exact) mass is 320 g/mol. The van der Waals surface area contributed by atoms with E-state index in [9.17, 15) is 18.0 Å². The number of anilines is 2. The predicted octanol–water partition coefficient (Wildman–Crippen LogP) is 3.50. The molecule has 0 aliphatic heterocycles. The normalized spacial score (nSPS) is 11.0. The van der Waals surface area contributed by atoms with Crippen LogP contribution >= 0.6 is 0 Å². The average molecular weight is 320 g/mol. The van der Waals surface area contributed by atoms with E-state index in [1.54, 1.807) is 7.05 Å². The first-order valence-corrected chi connectivity index (χ1v) is 6.61. The summed E-state index contributed by atoms with van der Waals surface area (Å²) in [5, 5.41) is 2.28. The van der Waals surface area contributed by atoms with Crippen LogP contribution < -0.4 is 16.5 Å². The summed E-state index contributed by atoms with van der Waals surface area (Å²) in [7, 11) is 1.56. The molecule has 0 saturated heterocycles. The number of benzene rings is 2. The second-order valence-electron chi connectivity index (χ2n) is 4.88. The molecule has 2 aromatic carbocycles. The van der Waals surface area contributed by atoms with Gasteiger partial charge in [0.25, 0.3) is 0 Å². The molecule has 0 saturated carbocycles. The Morgan fingerprint density at radius 1 is 1.04 bits per heavy atom. The largest absolute Gasteiger partial charge is 0.453 e. The maximum Gasteiger partial charge on any atom is 0.195 e. The Labute approximate surface area is 128 Å². The molecule has 0 bridgehead atoms. The first kappa shape index (κ1) is 15.0. The maximum atomic E-state index is 13.9. The fourth-order valence-electron chi connectivity index (χ4n) is 2.30. The molecule has 0 amide bonds. The molecule has 4 nitrogen and oxygen atoms in total. The molecule has 3 aromatic rings. The van der Waals surface area contributed by atoms with Gasteiger partial charge in [-0.05, 0) is 18.2 Å². The van der Waals surface area contributed by atoms with Gasteiger partial charge in [-0.1, -0.05) is 0 Å². The summed E-state index contributed by atoms with van der Waals surface area (Å²) in [6.07, 6.45) is 0. The van der Waals surface area contributed by atoms with Gasteiger partial charge in [0.15, 0.2) is 16.8 Å². The fourth-order valence-corrected chi connectivity index (χ4v) is 2.30. The van der Waals surface area contributed by atoms with Gasteiger partial charge in [0.1, 0.15) is 17.4 Å². The van der Waals surface area contributed by atoms with Crippen LogP contribution in [0.3, 0.4) is 0 Å². The minimum atomic E-state index is -1.06. The van der Waals surface area contributed by atoms with E-state index in [-0.39, 0.29) is 22.4 Å². The molecule has 23 heavy (non-hydrogen) atoms. The smallest absolute Gasteiger partial charge is 0.195 e. The van der Waals surface area contributed by atoms with Gasteiger partial charge >= 0.3 is 0 Å². The zero-order valence-electron chi connectivity index (χ0n) is 11.9. The van der Waals surface area contributed by atoms with Crippen molar-refractivity contribution in [1.82, 2.24) is 0 Å². The molecular formula is C16H11F3N2O2. The third-order valence-electron chi connectivity index (χ3n) is 3.47. The standard InChI is InChI=1S/C16H11F3N2O2/c1-21-11-3-2-7(4-8(11)17)13-6-12(22)14-15(20)9(18)5-10(19)16(14)23-13/h2-6,21H,20H2,1H3. The molecule has 118 valence electrons. The lowest BCUT2D eigenvalue weighted by atomic mass is 10.1. The molecule has 0 aliphatic rings. The maximum absolute atomic E-state index is 13.9. The van der Waals surface area contributed by atoms with Crippen molar-refractivity contribution < 1.29 is 17.6 Å². The first-order chi connectivity index (χ1) is 10.9. The lowest BCUT2D eigenvalue weighted by Gasteiger charge is -2.08. The van der Waals surface area contributed by atoms with Gasteiger partial charge < -0.3 is 15.5 Å². The van der Waals surface area contributed by atoms with Gasteiger partial charge in [0, 0.05) is 24.7 Å². The van der Waals surface area contributed by atoms with Crippen molar-refractivity contribution in [2.24, 2.45) is 0 Å². The molecule has 0 unspecified atom stereocenters. The Morgan fingerprint density at radius 3 is 2.43 bits per heavy atom. The Bertz CT molecular complexity index is 983. The summed E-state index contributed by atoms with van der Waals surface area (Å²) in [6.45, 7) is 0. The number of hydrogen-bond acceptors (Lipinski definition) is 4. The summed E-state index contributed by atoms with van der Waals surface area (Å²) >= 11 is 0. The summed E-state index contributed by atoms with van der Waals surface area (Å²) in [4.78, 5) is 12.1. The van der Waals surface area contributed by atoms with Gasteiger partial charge in [-0.2, -0.15) is 0 Å². The molecular weight excluding hydrogens is 309 g/mol. The summed E-state index contributed by atoms with van der Waals surface area (Å²) < 4.78 is 46.5. The van der Waals surface area contributed by atoms with Crippen LogP contribution in [0.1, 0.15) is 0 Å². The molecule has 0 radical (unpaired) electrons. The zero-order chi connectivity index (χ0) is 16.7. The molecule has 3 rings (SSSR count). The van der Waals surface area contributed by atoms with Crippen molar-refractivity contribution in [3.63, 3.8) is 0 Å². The van der Waals surface area contributed by atoms with E-state index >= 15 is 0 Å². The van der Waals surface area contributed by atoms with Crippen LogP contribution in [-0.2, 0) is 0 Å². The minimum absolute atomic E-state index is 0.0473. The number of hydrogen-bond donors (Lipinski definition) is 2. The lowest BCUT2D eigenvalue weighted by molar-refractivity contribution is 0.546. The molecule has 1 heterocycles. The topological polar surface area (TPSA) is 68.3 Å². The Hall–Kier alpha value is -2.96. The van der Waals surface area contributed by atoms with Crippen LogP contribution in [0.2, 0.25) is 0 Å². The van der Waals surface area contributed by atoms with Crippen molar-refractivity contribution in [2.75, 3.05) is 18.1 Å². The number of rotatable bonds is 2. The van der Waals surface area contributed by atoms with E-state index in [0.29, 0.717) is 6.07 Å². The highest BCUT2D eigenvalue weighted by molar-refractivity contribution is 5.90. The van der Waals surface area contributed by atoms with Gasteiger partial charge in [0.2, 0.25) is 0 Å². The highest BCUT2D eigenvalue weighted by Gasteiger charge is 2.17. The van der Waals surface area contributed by atoms with Crippen molar-refractivity contribution >= 4 is 22.3 Å². The van der Waals surface area contributed by atoms with E-state index < -0.39 is 34.2 Å². The molecule has 7 heteroatoms. The van der Waals surface area contributed by atoms with Gasteiger partial charge in [-0.3, -0.25) is 4.79 Å². The predicted molar refractivity (Wildman–Crippen MR) is 81.8 cm³/mol. The number of nitrogens with two attached hydrogens (primary N) is 1. The molecule has 0 spiro atoms. The molecule has 0 fully saturated rings. The van der Waals surface area contributed by atoms with Crippen LogP contribution in [0.15, 0.2) is 39.5 Å². The van der Waals surface area contributed by atoms with Crippen LogP contribution in [0.5, 0.6) is 0 Å². The Kier molecular flexibility index (Phi) is 3.48. The van der Waals surface area contributed by atoms with Crippen LogP contribution in [0.4, 0.5) is 24.5 Å². The molecule has 0 aliphatic carbocycles. The van der Waals surface area contributed by atoms with E-state index in [1.807, 2.05) is 0 Å². The minimum Gasteiger partial charge on any atom is -0.453 e. The molecule has 1 aromatic heterocycles. The second kappa shape index (κ2) is 5.35. The highest BCUT2D eigenvalue weighted by atomic mass is 19.1. The van der Waals surface area contributed by atoms with E-state index in [1.165, 1.54) is 12.1 Å². The first-order valence-electron chi connectivity index (χ1n) is 6.61. The number of nitrogens with one attached hydrogen (secondary N) is 1. The van der Waals surface area contributed by atoms with E-state index in [2.05, 4.69) is 5.32 Å². The summed E-state index contributed by atoms with van der Waals surface area (Å²) in [5.41, 5.74) is 4.30. The van der Waals surface area contributed by atoms with Crippen LogP contribution in [0.25, 0.3) is 22.3 Å². The van der Waals surface area contributed by atoms with Gasteiger partial charge in [-0.15, -0.1) is 0 Å². The number of nitrogen functional groups attached to an aromatic ring is 1. The average Bonchev–Trinajstić information content (AvgIpc) is 2.52. The second-order valence-corrected chi connectivity index (χ2v) is 4.88. The Morgan fingerprint density at radius 2 is 1.78 bits per heavy atom. The summed E-state index contributed by atoms with van der Waals surface area (Å²) in [5.74, 6) is -2.71. The SMILES string of the molecule is CNc1ccc(-c2cc(=O)c3c(N)c(F)cc(F)c3o2)cc1F. The van der Waals surface area contributed by atoms with Gasteiger partial charge in [-0.25, -0.2) is 13.2 Å².